The smallest absolute Gasteiger partial charge is 0.308 e. The molecule has 0 fully saturated rings. The van der Waals surface area contributed by atoms with Crippen molar-refractivity contribution in [3.63, 3.8) is 0 Å². The van der Waals surface area contributed by atoms with E-state index < -0.39 is 0 Å². The van der Waals surface area contributed by atoms with E-state index in [-0.39, 0.29) is 11.8 Å². The van der Waals surface area contributed by atoms with Gasteiger partial charge in [0.05, 0.1) is 0 Å². The number of anilines is 2. The number of rotatable bonds is 4. The predicted octanol–water partition coefficient (Wildman–Crippen LogP) is 3.34. The fourth-order valence-electron chi connectivity index (χ4n) is 1.97. The molecule has 0 saturated heterocycles. The molecule has 1 aromatic heterocycles. The molecule has 2 aromatic rings. The summed E-state index contributed by atoms with van der Waals surface area (Å²) in [5, 5.41) is 2.80. The molecule has 0 saturated carbocycles. The highest BCUT2D eigenvalue weighted by Gasteiger charge is 2.14. The Labute approximate surface area is 123 Å². The van der Waals surface area contributed by atoms with Crippen LogP contribution in [-0.2, 0) is 0 Å². The number of carbonyl (C=O) groups is 2. The van der Waals surface area contributed by atoms with E-state index in [2.05, 4.69) is 10.3 Å². The van der Waals surface area contributed by atoms with Gasteiger partial charge in [-0.3, -0.25) is 14.7 Å². The fraction of sp³-hybridized carbons (Fsp3) is 0.188. The zero-order valence-corrected chi connectivity index (χ0v) is 12.0. The minimum Gasteiger partial charge on any atom is -0.308 e. The number of aromatic nitrogens is 1. The highest BCUT2D eigenvalue weighted by molar-refractivity contribution is 6.02. The first kappa shape index (κ1) is 14.7. The van der Waals surface area contributed by atoms with E-state index in [4.69, 9.17) is 0 Å². The number of nitrogens with zero attached hydrogens (tertiary/aromatic N) is 2. The molecule has 0 aliphatic heterocycles. The third kappa shape index (κ3) is 3.66. The number of amides is 2. The molecule has 2 rings (SSSR count). The fourth-order valence-corrected chi connectivity index (χ4v) is 1.97. The molecule has 0 spiro atoms. The molecule has 5 heteroatoms. The number of hydrogen-bond donors (Lipinski definition) is 1. The average molecular weight is 283 g/mol. The Morgan fingerprint density at radius 2 is 1.90 bits per heavy atom. The molecule has 0 aliphatic rings. The quantitative estimate of drug-likeness (QED) is 0.875. The third-order valence-corrected chi connectivity index (χ3v) is 3.06. The second-order valence-corrected chi connectivity index (χ2v) is 4.52. The molecule has 0 bridgehead atoms. The van der Waals surface area contributed by atoms with Gasteiger partial charge in [-0.2, -0.15) is 0 Å². The van der Waals surface area contributed by atoms with Crippen LogP contribution < -0.4 is 10.2 Å². The van der Waals surface area contributed by atoms with Crippen molar-refractivity contribution in [1.29, 1.82) is 0 Å². The predicted molar refractivity (Wildman–Crippen MR) is 82.7 cm³/mol. The molecule has 21 heavy (non-hydrogen) atoms. The van der Waals surface area contributed by atoms with Gasteiger partial charge in [-0.1, -0.05) is 12.1 Å². The van der Waals surface area contributed by atoms with Gasteiger partial charge >= 0.3 is 6.03 Å². The van der Waals surface area contributed by atoms with Gasteiger partial charge in [0.2, 0.25) is 0 Å². The van der Waals surface area contributed by atoms with E-state index in [1.165, 1.54) is 6.92 Å². The van der Waals surface area contributed by atoms with Crippen molar-refractivity contribution >= 4 is 23.2 Å². The van der Waals surface area contributed by atoms with Crippen LogP contribution in [0.5, 0.6) is 0 Å². The van der Waals surface area contributed by atoms with Gasteiger partial charge in [-0.25, -0.2) is 4.79 Å². The normalized spacial score (nSPS) is 10.0. The number of hydrogen-bond acceptors (Lipinski definition) is 3. The van der Waals surface area contributed by atoms with Crippen LogP contribution in [-0.4, -0.2) is 23.3 Å². The number of carbonyl (C=O) groups excluding carboxylic acids is 2. The van der Waals surface area contributed by atoms with Gasteiger partial charge < -0.3 is 5.32 Å². The first-order valence-electron chi connectivity index (χ1n) is 6.71. The highest BCUT2D eigenvalue weighted by atomic mass is 16.2. The Bertz CT molecular complexity index is 641. The average Bonchev–Trinajstić information content (AvgIpc) is 2.49. The SMILES string of the molecule is CCN(C(=O)Nc1cccc(C(C)=O)c1)c1ccncc1. The lowest BCUT2D eigenvalue weighted by Gasteiger charge is -2.21. The van der Waals surface area contributed by atoms with E-state index in [0.29, 0.717) is 17.8 Å². The molecule has 1 N–H and O–H groups in total. The van der Waals surface area contributed by atoms with Crippen molar-refractivity contribution in [2.45, 2.75) is 13.8 Å². The Hall–Kier alpha value is -2.69. The van der Waals surface area contributed by atoms with Gasteiger partial charge in [-0.05, 0) is 38.1 Å². The second kappa shape index (κ2) is 6.65. The summed E-state index contributed by atoms with van der Waals surface area (Å²) in [5.74, 6) is -0.0346. The molecule has 1 heterocycles. The van der Waals surface area contributed by atoms with Gasteiger partial charge in [-0.15, -0.1) is 0 Å². The summed E-state index contributed by atoms with van der Waals surface area (Å²) >= 11 is 0. The Morgan fingerprint density at radius 1 is 1.19 bits per heavy atom. The van der Waals surface area contributed by atoms with Crippen LogP contribution in [0.3, 0.4) is 0 Å². The number of nitrogens with one attached hydrogen (secondary N) is 1. The minimum absolute atomic E-state index is 0.0346. The first-order valence-corrected chi connectivity index (χ1v) is 6.71. The van der Waals surface area contributed by atoms with Crippen molar-refractivity contribution in [3.8, 4) is 0 Å². The van der Waals surface area contributed by atoms with Crippen LogP contribution in [0.2, 0.25) is 0 Å². The topological polar surface area (TPSA) is 62.3 Å². The lowest BCUT2D eigenvalue weighted by atomic mass is 10.1. The number of urea groups is 1. The minimum atomic E-state index is -0.246. The maximum Gasteiger partial charge on any atom is 0.326 e. The van der Waals surface area contributed by atoms with Crippen molar-refractivity contribution in [2.24, 2.45) is 0 Å². The molecule has 0 atom stereocenters. The summed E-state index contributed by atoms with van der Waals surface area (Å²) in [6.45, 7) is 3.92. The Morgan fingerprint density at radius 3 is 2.52 bits per heavy atom. The molecular weight excluding hydrogens is 266 g/mol. The van der Waals surface area contributed by atoms with E-state index in [1.54, 1.807) is 53.7 Å². The third-order valence-electron chi connectivity index (χ3n) is 3.06. The van der Waals surface area contributed by atoms with E-state index in [9.17, 15) is 9.59 Å². The van der Waals surface area contributed by atoms with E-state index in [0.717, 1.165) is 5.69 Å². The summed E-state index contributed by atoms with van der Waals surface area (Å²) in [4.78, 5) is 29.2. The molecule has 0 aliphatic carbocycles. The van der Waals surface area contributed by atoms with Gasteiger partial charge in [0.15, 0.2) is 5.78 Å². The standard InChI is InChI=1S/C16H17N3O2/c1-3-19(15-7-9-17-10-8-15)16(21)18-14-6-4-5-13(11-14)12(2)20/h4-11H,3H2,1-2H3,(H,18,21). The molecule has 1 aromatic carbocycles. The number of Topliss-reactive ketones (excluding diaryl/α,β-unsaturated/α-hetero) is 1. The summed E-state index contributed by atoms with van der Waals surface area (Å²) in [5.41, 5.74) is 1.94. The molecule has 2 amide bonds. The van der Waals surface area contributed by atoms with Crippen LogP contribution in [0, 0.1) is 0 Å². The van der Waals surface area contributed by atoms with Crippen molar-refractivity contribution in [1.82, 2.24) is 4.98 Å². The molecule has 0 radical (unpaired) electrons. The lowest BCUT2D eigenvalue weighted by Crippen LogP contribution is -2.34. The summed E-state index contributed by atoms with van der Waals surface area (Å²) in [6, 6.07) is 10.2. The second-order valence-electron chi connectivity index (χ2n) is 4.52. The lowest BCUT2D eigenvalue weighted by molar-refractivity contribution is 0.101. The van der Waals surface area contributed by atoms with Crippen LogP contribution >= 0.6 is 0 Å². The highest BCUT2D eigenvalue weighted by Crippen LogP contribution is 2.16. The first-order chi connectivity index (χ1) is 10.1. The monoisotopic (exact) mass is 283 g/mol. The van der Waals surface area contributed by atoms with Crippen LogP contribution in [0.25, 0.3) is 0 Å². The molecular formula is C16H17N3O2. The maximum atomic E-state index is 12.3. The zero-order chi connectivity index (χ0) is 15.2. The van der Waals surface area contributed by atoms with Crippen LogP contribution in [0.4, 0.5) is 16.2 Å². The molecule has 5 nitrogen and oxygen atoms in total. The van der Waals surface area contributed by atoms with Gasteiger partial charge in [0.1, 0.15) is 0 Å². The van der Waals surface area contributed by atoms with Gasteiger partial charge in [0, 0.05) is 35.9 Å². The Kier molecular flexibility index (Phi) is 4.66. The van der Waals surface area contributed by atoms with E-state index in [1.807, 2.05) is 6.92 Å². The number of ketones is 1. The molecule has 0 unspecified atom stereocenters. The summed E-state index contributed by atoms with van der Waals surface area (Å²) in [6.07, 6.45) is 3.28. The number of pyridine rings is 1. The largest absolute Gasteiger partial charge is 0.326 e. The van der Waals surface area contributed by atoms with Gasteiger partial charge in [0.25, 0.3) is 0 Å². The maximum absolute atomic E-state index is 12.3. The van der Waals surface area contributed by atoms with Crippen molar-refractivity contribution < 1.29 is 9.59 Å². The summed E-state index contributed by atoms with van der Waals surface area (Å²) in [7, 11) is 0. The van der Waals surface area contributed by atoms with Crippen LogP contribution in [0.15, 0.2) is 48.8 Å². The van der Waals surface area contributed by atoms with E-state index >= 15 is 0 Å². The van der Waals surface area contributed by atoms with Crippen LogP contribution in [0.1, 0.15) is 24.2 Å². The van der Waals surface area contributed by atoms with Crippen molar-refractivity contribution in [3.05, 3.63) is 54.4 Å². The Balaban J connectivity index is 2.16. The summed E-state index contributed by atoms with van der Waals surface area (Å²) < 4.78 is 0. The number of benzene rings is 1. The van der Waals surface area contributed by atoms with Crippen molar-refractivity contribution in [2.75, 3.05) is 16.8 Å². The zero-order valence-electron chi connectivity index (χ0n) is 12.0. The molecule has 108 valence electrons.